The number of halogens is 1. The molecule has 3 nitrogen and oxygen atoms in total. The van der Waals surface area contributed by atoms with E-state index in [1.54, 1.807) is 0 Å². The van der Waals surface area contributed by atoms with Crippen LogP contribution in [0.15, 0.2) is 36.5 Å². The molecule has 0 saturated heterocycles. The van der Waals surface area contributed by atoms with Crippen molar-refractivity contribution in [1.29, 1.82) is 0 Å². The molecule has 0 atom stereocenters. The minimum atomic E-state index is -0.0259. The zero-order valence-electron chi connectivity index (χ0n) is 10.7. The van der Waals surface area contributed by atoms with Gasteiger partial charge in [0.25, 0.3) is 5.91 Å². The van der Waals surface area contributed by atoms with E-state index in [0.29, 0.717) is 6.04 Å². The van der Waals surface area contributed by atoms with Crippen LogP contribution in [0.2, 0.25) is 0 Å². The monoisotopic (exact) mass is 366 g/mol. The maximum Gasteiger partial charge on any atom is 0.272 e. The summed E-state index contributed by atoms with van der Waals surface area (Å²) < 4.78 is 3.20. The van der Waals surface area contributed by atoms with E-state index < -0.39 is 0 Å². The molecule has 1 aromatic heterocycles. The van der Waals surface area contributed by atoms with Crippen LogP contribution in [0, 0.1) is 10.5 Å². The van der Waals surface area contributed by atoms with E-state index in [-0.39, 0.29) is 5.91 Å². The van der Waals surface area contributed by atoms with Gasteiger partial charge in [-0.25, -0.2) is 0 Å². The minimum absolute atomic E-state index is 0.0259. The van der Waals surface area contributed by atoms with Crippen molar-refractivity contribution in [1.82, 2.24) is 4.57 Å². The van der Waals surface area contributed by atoms with Crippen LogP contribution >= 0.6 is 22.6 Å². The molecule has 1 N–H and O–H groups in total. The second kappa shape index (κ2) is 5.00. The average molecular weight is 366 g/mol. The molecule has 0 aliphatic heterocycles. The van der Waals surface area contributed by atoms with Crippen LogP contribution in [0.5, 0.6) is 0 Å². The van der Waals surface area contributed by atoms with E-state index in [1.165, 1.54) is 12.8 Å². The number of nitrogens with zero attached hydrogens (tertiary/aromatic N) is 1. The van der Waals surface area contributed by atoms with Crippen molar-refractivity contribution >= 4 is 34.2 Å². The van der Waals surface area contributed by atoms with Crippen molar-refractivity contribution in [2.75, 3.05) is 5.32 Å². The second-order valence-corrected chi connectivity index (χ2v) is 6.19. The van der Waals surface area contributed by atoms with Gasteiger partial charge in [0.15, 0.2) is 0 Å². The fourth-order valence-corrected chi connectivity index (χ4v) is 2.66. The third-order valence-corrected chi connectivity index (χ3v) is 4.07. The smallest absolute Gasteiger partial charge is 0.272 e. The fraction of sp³-hybridized carbons (Fsp3) is 0.267. The minimum Gasteiger partial charge on any atom is -0.340 e. The highest BCUT2D eigenvalue weighted by atomic mass is 127. The average Bonchev–Trinajstić information content (AvgIpc) is 3.11. The van der Waals surface area contributed by atoms with Crippen LogP contribution in [0.4, 0.5) is 5.69 Å². The first kappa shape index (κ1) is 12.7. The number of anilines is 1. The normalized spacial score (nSPS) is 14.4. The molecule has 3 rings (SSSR count). The Balaban J connectivity index is 1.84. The standard InChI is InChI=1S/C15H15IN2O/c1-10-4-5-11(16)9-13(10)17-15(19)14-3-2-8-18(14)12-6-7-12/h2-5,8-9,12H,6-7H2,1H3,(H,17,19). The van der Waals surface area contributed by atoms with Crippen molar-refractivity contribution < 1.29 is 4.79 Å². The molecule has 1 fully saturated rings. The third kappa shape index (κ3) is 2.68. The van der Waals surface area contributed by atoms with Gasteiger partial charge in [0, 0.05) is 21.5 Å². The molecule has 1 heterocycles. The van der Waals surface area contributed by atoms with Gasteiger partial charge < -0.3 is 9.88 Å². The van der Waals surface area contributed by atoms with Crippen LogP contribution < -0.4 is 5.32 Å². The van der Waals surface area contributed by atoms with Gasteiger partial charge in [0.05, 0.1) is 0 Å². The van der Waals surface area contributed by atoms with Gasteiger partial charge in [-0.15, -0.1) is 0 Å². The SMILES string of the molecule is Cc1ccc(I)cc1NC(=O)c1cccn1C1CC1. The summed E-state index contributed by atoms with van der Waals surface area (Å²) in [5.41, 5.74) is 2.72. The predicted octanol–water partition coefficient (Wildman–Crippen LogP) is 3.99. The van der Waals surface area contributed by atoms with E-state index in [1.807, 2.05) is 43.5 Å². The Bertz CT molecular complexity index is 629. The Hall–Kier alpha value is -1.30. The molecule has 0 spiro atoms. The summed E-state index contributed by atoms with van der Waals surface area (Å²) in [7, 11) is 0. The number of hydrogen-bond donors (Lipinski definition) is 1. The number of carbonyl (C=O) groups is 1. The molecular weight excluding hydrogens is 351 g/mol. The third-order valence-electron chi connectivity index (χ3n) is 3.40. The summed E-state index contributed by atoms with van der Waals surface area (Å²) >= 11 is 2.25. The van der Waals surface area contributed by atoms with Crippen molar-refractivity contribution in [3.8, 4) is 0 Å². The number of rotatable bonds is 3. The summed E-state index contributed by atoms with van der Waals surface area (Å²) in [5.74, 6) is -0.0259. The summed E-state index contributed by atoms with van der Waals surface area (Å²) in [6.07, 6.45) is 4.35. The zero-order valence-corrected chi connectivity index (χ0v) is 12.8. The van der Waals surface area contributed by atoms with Crippen LogP contribution in [0.3, 0.4) is 0 Å². The fourth-order valence-electron chi connectivity index (χ4n) is 2.17. The second-order valence-electron chi connectivity index (χ2n) is 4.95. The molecule has 1 amide bonds. The van der Waals surface area contributed by atoms with E-state index in [2.05, 4.69) is 32.5 Å². The molecule has 4 heteroatoms. The molecular formula is C15H15IN2O. The van der Waals surface area contributed by atoms with Gasteiger partial charge in [-0.05, 0) is 72.2 Å². The molecule has 0 bridgehead atoms. The topological polar surface area (TPSA) is 34.0 Å². The van der Waals surface area contributed by atoms with E-state index in [4.69, 9.17) is 0 Å². The van der Waals surface area contributed by atoms with Crippen LogP contribution in [0.25, 0.3) is 0 Å². The lowest BCUT2D eigenvalue weighted by Gasteiger charge is -2.11. The molecule has 2 aromatic rings. The summed E-state index contributed by atoms with van der Waals surface area (Å²) in [5, 5.41) is 3.01. The summed E-state index contributed by atoms with van der Waals surface area (Å²) in [4.78, 5) is 12.4. The van der Waals surface area contributed by atoms with Crippen molar-refractivity contribution in [2.45, 2.75) is 25.8 Å². The van der Waals surface area contributed by atoms with E-state index in [0.717, 1.165) is 20.5 Å². The highest BCUT2D eigenvalue weighted by molar-refractivity contribution is 14.1. The van der Waals surface area contributed by atoms with Gasteiger partial charge in [-0.1, -0.05) is 6.07 Å². The lowest BCUT2D eigenvalue weighted by atomic mass is 10.2. The Morgan fingerprint density at radius 1 is 1.37 bits per heavy atom. The van der Waals surface area contributed by atoms with Gasteiger partial charge >= 0.3 is 0 Å². The Kier molecular flexibility index (Phi) is 3.35. The lowest BCUT2D eigenvalue weighted by Crippen LogP contribution is -2.17. The molecule has 0 unspecified atom stereocenters. The Labute approximate surface area is 126 Å². The first-order valence-corrected chi connectivity index (χ1v) is 7.47. The number of hydrogen-bond acceptors (Lipinski definition) is 1. The number of aromatic nitrogens is 1. The maximum absolute atomic E-state index is 12.4. The lowest BCUT2D eigenvalue weighted by molar-refractivity contribution is 0.101. The van der Waals surface area contributed by atoms with Crippen LogP contribution in [-0.2, 0) is 0 Å². The highest BCUT2D eigenvalue weighted by Crippen LogP contribution is 2.36. The molecule has 19 heavy (non-hydrogen) atoms. The number of nitrogens with one attached hydrogen (secondary N) is 1. The number of carbonyl (C=O) groups excluding carboxylic acids is 1. The van der Waals surface area contributed by atoms with Gasteiger partial charge in [-0.2, -0.15) is 0 Å². The van der Waals surface area contributed by atoms with E-state index >= 15 is 0 Å². The van der Waals surface area contributed by atoms with Crippen LogP contribution in [-0.4, -0.2) is 10.5 Å². The maximum atomic E-state index is 12.4. The van der Waals surface area contributed by atoms with Crippen LogP contribution in [0.1, 0.15) is 34.9 Å². The molecule has 1 aliphatic rings. The summed E-state index contributed by atoms with van der Waals surface area (Å²) in [6.45, 7) is 2.01. The first-order chi connectivity index (χ1) is 9.15. The van der Waals surface area contributed by atoms with Crippen molar-refractivity contribution in [3.63, 3.8) is 0 Å². The molecule has 0 radical (unpaired) electrons. The van der Waals surface area contributed by atoms with Gasteiger partial charge in [-0.3, -0.25) is 4.79 Å². The largest absolute Gasteiger partial charge is 0.340 e. The van der Waals surface area contributed by atoms with Gasteiger partial charge in [0.1, 0.15) is 5.69 Å². The van der Waals surface area contributed by atoms with Gasteiger partial charge in [0.2, 0.25) is 0 Å². The number of amides is 1. The van der Waals surface area contributed by atoms with E-state index in [9.17, 15) is 4.79 Å². The molecule has 1 aromatic carbocycles. The molecule has 1 saturated carbocycles. The Morgan fingerprint density at radius 3 is 2.89 bits per heavy atom. The van der Waals surface area contributed by atoms with Crippen molar-refractivity contribution in [2.24, 2.45) is 0 Å². The highest BCUT2D eigenvalue weighted by Gasteiger charge is 2.26. The predicted molar refractivity (Wildman–Crippen MR) is 84.6 cm³/mol. The number of aryl methyl sites for hydroxylation is 1. The van der Waals surface area contributed by atoms with Crippen molar-refractivity contribution in [3.05, 3.63) is 51.4 Å². The Morgan fingerprint density at radius 2 is 2.16 bits per heavy atom. The first-order valence-electron chi connectivity index (χ1n) is 6.39. The summed E-state index contributed by atoms with van der Waals surface area (Å²) in [6, 6.07) is 10.4. The zero-order chi connectivity index (χ0) is 13.4. The molecule has 98 valence electrons. The molecule has 1 aliphatic carbocycles. The quantitative estimate of drug-likeness (QED) is 0.819. The number of benzene rings is 1.